The first kappa shape index (κ1) is 16.7. The van der Waals surface area contributed by atoms with Gasteiger partial charge < -0.3 is 15.5 Å². The van der Waals surface area contributed by atoms with E-state index < -0.39 is 0 Å². The SMILES string of the molecule is CCC1CCN(c2ccc(C(C)C)cc2NC(=O)NC)CC1. The van der Waals surface area contributed by atoms with E-state index >= 15 is 0 Å². The van der Waals surface area contributed by atoms with E-state index in [1.165, 1.54) is 24.8 Å². The molecule has 0 saturated carbocycles. The van der Waals surface area contributed by atoms with Crippen molar-refractivity contribution in [3.8, 4) is 0 Å². The zero-order valence-corrected chi connectivity index (χ0v) is 14.3. The van der Waals surface area contributed by atoms with Gasteiger partial charge in [-0.25, -0.2) is 4.79 Å². The number of nitrogens with one attached hydrogen (secondary N) is 2. The van der Waals surface area contributed by atoms with Gasteiger partial charge in [0.05, 0.1) is 11.4 Å². The molecule has 1 aromatic carbocycles. The van der Waals surface area contributed by atoms with Crippen molar-refractivity contribution in [3.63, 3.8) is 0 Å². The Morgan fingerprint density at radius 2 is 2.00 bits per heavy atom. The maximum atomic E-state index is 11.8. The molecule has 1 saturated heterocycles. The third-order valence-electron chi connectivity index (χ3n) is 4.70. The molecule has 22 heavy (non-hydrogen) atoms. The van der Waals surface area contributed by atoms with Crippen LogP contribution in [0.1, 0.15) is 51.5 Å². The Hall–Kier alpha value is -1.71. The predicted octanol–water partition coefficient (Wildman–Crippen LogP) is 4.19. The van der Waals surface area contributed by atoms with Gasteiger partial charge in [-0.15, -0.1) is 0 Å². The quantitative estimate of drug-likeness (QED) is 0.876. The maximum absolute atomic E-state index is 11.8. The van der Waals surface area contributed by atoms with Crippen LogP contribution in [0.2, 0.25) is 0 Å². The van der Waals surface area contributed by atoms with Crippen LogP contribution in [0.15, 0.2) is 18.2 Å². The topological polar surface area (TPSA) is 44.4 Å². The zero-order valence-electron chi connectivity index (χ0n) is 14.3. The lowest BCUT2D eigenvalue weighted by Gasteiger charge is -2.34. The summed E-state index contributed by atoms with van der Waals surface area (Å²) in [5, 5.41) is 5.63. The Morgan fingerprint density at radius 1 is 1.32 bits per heavy atom. The third-order valence-corrected chi connectivity index (χ3v) is 4.70. The number of benzene rings is 1. The number of amides is 2. The predicted molar refractivity (Wildman–Crippen MR) is 93.8 cm³/mol. The van der Waals surface area contributed by atoms with Crippen molar-refractivity contribution < 1.29 is 4.79 Å². The monoisotopic (exact) mass is 303 g/mol. The van der Waals surface area contributed by atoms with Gasteiger partial charge in [0.2, 0.25) is 0 Å². The highest BCUT2D eigenvalue weighted by molar-refractivity contribution is 5.93. The van der Waals surface area contributed by atoms with E-state index in [2.05, 4.69) is 54.5 Å². The van der Waals surface area contributed by atoms with Crippen molar-refractivity contribution in [2.24, 2.45) is 5.92 Å². The number of carbonyl (C=O) groups excluding carboxylic acids is 1. The van der Waals surface area contributed by atoms with Crippen LogP contribution in [0, 0.1) is 5.92 Å². The molecule has 1 aromatic rings. The highest BCUT2D eigenvalue weighted by atomic mass is 16.2. The molecule has 0 unspecified atom stereocenters. The fourth-order valence-electron chi connectivity index (χ4n) is 3.06. The molecule has 1 heterocycles. The first-order chi connectivity index (χ1) is 10.5. The Balaban J connectivity index is 2.23. The van der Waals surface area contributed by atoms with Crippen molar-refractivity contribution in [1.29, 1.82) is 0 Å². The number of anilines is 2. The molecule has 0 bridgehead atoms. The Kier molecular flexibility index (Phi) is 5.69. The van der Waals surface area contributed by atoms with Crippen molar-refractivity contribution in [2.45, 2.75) is 46.0 Å². The van der Waals surface area contributed by atoms with Crippen molar-refractivity contribution in [3.05, 3.63) is 23.8 Å². The van der Waals surface area contributed by atoms with Gasteiger partial charge in [0.15, 0.2) is 0 Å². The number of urea groups is 1. The summed E-state index contributed by atoms with van der Waals surface area (Å²) in [6.45, 7) is 8.76. The van der Waals surface area contributed by atoms with Crippen LogP contribution in [0.4, 0.5) is 16.2 Å². The van der Waals surface area contributed by atoms with E-state index in [4.69, 9.17) is 0 Å². The molecule has 0 radical (unpaired) electrons. The largest absolute Gasteiger partial charge is 0.370 e. The molecular weight excluding hydrogens is 274 g/mol. The zero-order chi connectivity index (χ0) is 16.1. The summed E-state index contributed by atoms with van der Waals surface area (Å²) in [4.78, 5) is 14.2. The molecule has 2 rings (SSSR count). The lowest BCUT2D eigenvalue weighted by atomic mass is 9.93. The van der Waals surface area contributed by atoms with Gasteiger partial charge in [-0.3, -0.25) is 0 Å². The van der Waals surface area contributed by atoms with Gasteiger partial charge in [0.1, 0.15) is 0 Å². The maximum Gasteiger partial charge on any atom is 0.319 e. The van der Waals surface area contributed by atoms with Gasteiger partial charge in [-0.1, -0.05) is 33.3 Å². The Labute approximate surface area is 134 Å². The highest BCUT2D eigenvalue weighted by Crippen LogP contribution is 2.33. The van der Waals surface area contributed by atoms with Crippen LogP contribution >= 0.6 is 0 Å². The van der Waals surface area contributed by atoms with Gasteiger partial charge in [0, 0.05) is 20.1 Å². The summed E-state index contributed by atoms with van der Waals surface area (Å²) < 4.78 is 0. The van der Waals surface area contributed by atoms with E-state index in [1.807, 2.05) is 0 Å². The van der Waals surface area contributed by atoms with Gasteiger partial charge >= 0.3 is 6.03 Å². The molecule has 2 N–H and O–H groups in total. The normalized spacial score (nSPS) is 16.0. The van der Waals surface area contributed by atoms with Crippen molar-refractivity contribution in [1.82, 2.24) is 5.32 Å². The molecule has 1 aliphatic heterocycles. The highest BCUT2D eigenvalue weighted by Gasteiger charge is 2.21. The minimum absolute atomic E-state index is 0.161. The van der Waals surface area contributed by atoms with E-state index in [-0.39, 0.29) is 6.03 Å². The van der Waals surface area contributed by atoms with Gasteiger partial charge in [0.25, 0.3) is 0 Å². The first-order valence-corrected chi connectivity index (χ1v) is 8.42. The van der Waals surface area contributed by atoms with E-state index in [1.54, 1.807) is 7.05 Å². The molecule has 122 valence electrons. The molecule has 1 fully saturated rings. The van der Waals surface area contributed by atoms with Crippen LogP contribution in [0.3, 0.4) is 0 Å². The minimum Gasteiger partial charge on any atom is -0.370 e. The van der Waals surface area contributed by atoms with Gasteiger partial charge in [-0.2, -0.15) is 0 Å². The van der Waals surface area contributed by atoms with Crippen LogP contribution in [-0.4, -0.2) is 26.2 Å². The summed E-state index contributed by atoms with van der Waals surface area (Å²) in [6.07, 6.45) is 3.74. The van der Waals surface area contributed by atoms with Crippen LogP contribution in [-0.2, 0) is 0 Å². The molecule has 1 aliphatic rings. The average molecular weight is 303 g/mol. The molecule has 0 spiro atoms. The first-order valence-electron chi connectivity index (χ1n) is 8.42. The molecule has 2 amide bonds. The van der Waals surface area contributed by atoms with Crippen molar-refractivity contribution >= 4 is 17.4 Å². The summed E-state index contributed by atoms with van der Waals surface area (Å²) in [5.41, 5.74) is 3.31. The summed E-state index contributed by atoms with van der Waals surface area (Å²) in [5.74, 6) is 1.30. The second-order valence-corrected chi connectivity index (χ2v) is 6.47. The lowest BCUT2D eigenvalue weighted by Crippen LogP contribution is -2.34. The van der Waals surface area contributed by atoms with Crippen LogP contribution in [0.25, 0.3) is 0 Å². The number of hydrogen-bond acceptors (Lipinski definition) is 2. The summed E-state index contributed by atoms with van der Waals surface area (Å²) >= 11 is 0. The van der Waals surface area contributed by atoms with E-state index in [0.717, 1.165) is 30.4 Å². The fourth-order valence-corrected chi connectivity index (χ4v) is 3.06. The van der Waals surface area contributed by atoms with Gasteiger partial charge in [-0.05, 0) is 42.4 Å². The number of rotatable bonds is 4. The number of piperidine rings is 1. The Morgan fingerprint density at radius 3 is 2.55 bits per heavy atom. The van der Waals surface area contributed by atoms with E-state index in [0.29, 0.717) is 5.92 Å². The molecular formula is C18H29N3O. The Bertz CT molecular complexity index is 505. The molecule has 4 heteroatoms. The van der Waals surface area contributed by atoms with Crippen LogP contribution in [0.5, 0.6) is 0 Å². The molecule has 0 atom stereocenters. The fraction of sp³-hybridized carbons (Fsp3) is 0.611. The summed E-state index contributed by atoms with van der Waals surface area (Å²) in [7, 11) is 1.65. The second kappa shape index (κ2) is 7.52. The third kappa shape index (κ3) is 3.93. The number of nitrogens with zero attached hydrogens (tertiary/aromatic N) is 1. The smallest absolute Gasteiger partial charge is 0.319 e. The van der Waals surface area contributed by atoms with E-state index in [9.17, 15) is 4.79 Å². The summed E-state index contributed by atoms with van der Waals surface area (Å²) in [6, 6.07) is 6.29. The van der Waals surface area contributed by atoms with Crippen LogP contribution < -0.4 is 15.5 Å². The lowest BCUT2D eigenvalue weighted by molar-refractivity contribution is 0.254. The standard InChI is InChI=1S/C18H29N3O/c1-5-14-8-10-21(11-9-14)17-7-6-15(13(2)3)12-16(17)20-18(22)19-4/h6-7,12-14H,5,8-11H2,1-4H3,(H2,19,20,22). The minimum atomic E-state index is -0.161. The molecule has 0 aromatic heterocycles. The molecule has 0 aliphatic carbocycles. The second-order valence-electron chi connectivity index (χ2n) is 6.47. The number of hydrogen-bond donors (Lipinski definition) is 2. The van der Waals surface area contributed by atoms with Crippen molar-refractivity contribution in [2.75, 3.05) is 30.4 Å². The average Bonchev–Trinajstić information content (AvgIpc) is 2.54. The molecule has 4 nitrogen and oxygen atoms in total. The number of carbonyl (C=O) groups is 1.